The summed E-state index contributed by atoms with van der Waals surface area (Å²) in [6, 6.07) is 0. The molecule has 0 spiro atoms. The Morgan fingerprint density at radius 1 is 1.53 bits per heavy atom. The van der Waals surface area contributed by atoms with Gasteiger partial charge in [-0.1, -0.05) is 0 Å². The molecule has 19 heavy (non-hydrogen) atoms. The number of hydrogen-bond donors (Lipinski definition) is 3. The molecule has 0 aliphatic carbocycles. The number of hydrogen-bond acceptors (Lipinski definition) is 6. The number of amides is 1. The fraction of sp³-hybridized carbons (Fsp3) is 0.583. The molecular formula is C12H21N3O2S2. The van der Waals surface area contributed by atoms with E-state index in [1.165, 1.54) is 23.1 Å². The first-order chi connectivity index (χ1) is 9.01. The fourth-order valence-corrected chi connectivity index (χ4v) is 3.50. The van der Waals surface area contributed by atoms with Gasteiger partial charge in [-0.2, -0.15) is 0 Å². The van der Waals surface area contributed by atoms with Gasteiger partial charge in [-0.25, -0.2) is 0 Å². The monoisotopic (exact) mass is 303 g/mol. The second kappa shape index (κ2) is 7.62. The van der Waals surface area contributed by atoms with Gasteiger partial charge in [0.05, 0.1) is 23.3 Å². The van der Waals surface area contributed by atoms with Crippen LogP contribution in [0.15, 0.2) is 4.90 Å². The lowest BCUT2D eigenvalue weighted by Gasteiger charge is -2.09. The average molecular weight is 303 g/mol. The summed E-state index contributed by atoms with van der Waals surface area (Å²) in [7, 11) is 1.60. The Bertz CT molecular complexity index is 433. The van der Waals surface area contributed by atoms with Gasteiger partial charge in [-0.15, -0.1) is 23.1 Å². The van der Waals surface area contributed by atoms with Gasteiger partial charge in [0.1, 0.15) is 9.88 Å². The summed E-state index contributed by atoms with van der Waals surface area (Å²) >= 11 is 2.91. The highest BCUT2D eigenvalue weighted by Gasteiger charge is 2.19. The molecule has 5 nitrogen and oxygen atoms in total. The van der Waals surface area contributed by atoms with Crippen LogP contribution in [0.4, 0.5) is 10.7 Å². The van der Waals surface area contributed by atoms with Crippen LogP contribution in [0.3, 0.4) is 0 Å². The largest absolute Gasteiger partial charge is 0.396 e. The van der Waals surface area contributed by atoms with Crippen LogP contribution >= 0.6 is 23.1 Å². The van der Waals surface area contributed by atoms with E-state index in [1.54, 1.807) is 7.05 Å². The number of nitrogens with two attached hydrogens (primary N) is 1. The van der Waals surface area contributed by atoms with E-state index in [2.05, 4.69) is 10.6 Å². The van der Waals surface area contributed by atoms with Gasteiger partial charge < -0.3 is 21.1 Å². The highest BCUT2D eigenvalue weighted by molar-refractivity contribution is 7.99. The van der Waals surface area contributed by atoms with E-state index in [0.29, 0.717) is 23.7 Å². The van der Waals surface area contributed by atoms with Gasteiger partial charge in [0, 0.05) is 13.6 Å². The Morgan fingerprint density at radius 3 is 2.74 bits per heavy atom. The molecule has 1 aromatic heterocycles. The fourth-order valence-electron chi connectivity index (χ4n) is 1.49. The van der Waals surface area contributed by atoms with Gasteiger partial charge in [-0.3, -0.25) is 4.79 Å². The number of thiophene rings is 1. The third-order valence-corrected chi connectivity index (χ3v) is 4.50. The topological polar surface area (TPSA) is 76.4 Å². The van der Waals surface area contributed by atoms with Crippen LogP contribution in [0.5, 0.6) is 0 Å². The first-order valence-corrected chi connectivity index (χ1v) is 8.09. The summed E-state index contributed by atoms with van der Waals surface area (Å²) in [5.74, 6) is -0.149. The molecule has 0 saturated heterocycles. The molecule has 0 radical (unpaired) electrons. The maximum Gasteiger partial charge on any atom is 0.263 e. The zero-order chi connectivity index (χ0) is 14.4. The van der Waals surface area contributed by atoms with Crippen molar-refractivity contribution in [3.05, 3.63) is 4.88 Å². The molecule has 1 heterocycles. The smallest absolute Gasteiger partial charge is 0.263 e. The molecule has 7 heteroatoms. The quantitative estimate of drug-likeness (QED) is 0.532. The number of nitrogen functional groups attached to an aromatic ring is 1. The van der Waals surface area contributed by atoms with Crippen LogP contribution < -0.4 is 16.4 Å². The predicted molar refractivity (Wildman–Crippen MR) is 83.5 cm³/mol. The normalized spacial score (nSPS) is 10.8. The maximum atomic E-state index is 11.7. The number of thioether (sulfide) groups is 1. The number of nitrogens with one attached hydrogen (secondary N) is 2. The lowest BCUT2D eigenvalue weighted by Crippen LogP contribution is -2.17. The first kappa shape index (κ1) is 16.1. The molecule has 0 saturated carbocycles. The van der Waals surface area contributed by atoms with E-state index in [-0.39, 0.29) is 12.0 Å². The van der Waals surface area contributed by atoms with Gasteiger partial charge in [0.15, 0.2) is 0 Å². The second-order valence-electron chi connectivity index (χ2n) is 4.13. The standard InChI is InChI=1S/C12H21N3O2S2/c1-7(2)17-6-5-15-12-10(18-4)8(13)9(19-12)11(16)14-3/h7,15H,5-6,13H2,1-4H3,(H,14,16). The minimum Gasteiger partial charge on any atom is -0.396 e. The Labute approximate surface area is 122 Å². The number of carbonyl (C=O) groups is 1. The lowest BCUT2D eigenvalue weighted by molar-refractivity contribution is 0.0870. The molecule has 1 rings (SSSR count). The minimum atomic E-state index is -0.149. The zero-order valence-corrected chi connectivity index (χ0v) is 13.3. The zero-order valence-electron chi connectivity index (χ0n) is 11.7. The van der Waals surface area contributed by atoms with Crippen LogP contribution in [-0.2, 0) is 4.74 Å². The molecule has 0 bridgehead atoms. The molecule has 0 aliphatic heterocycles. The van der Waals surface area contributed by atoms with Crippen LogP contribution in [-0.4, -0.2) is 38.5 Å². The molecule has 1 aromatic rings. The first-order valence-electron chi connectivity index (χ1n) is 6.05. The Morgan fingerprint density at radius 2 is 2.21 bits per heavy atom. The van der Waals surface area contributed by atoms with Crippen molar-refractivity contribution in [2.45, 2.75) is 24.8 Å². The summed E-state index contributed by atoms with van der Waals surface area (Å²) in [4.78, 5) is 13.2. The maximum absolute atomic E-state index is 11.7. The Balaban J connectivity index is 2.74. The molecular weight excluding hydrogens is 282 g/mol. The second-order valence-corrected chi connectivity index (χ2v) is 5.97. The third kappa shape index (κ3) is 4.29. The highest BCUT2D eigenvalue weighted by atomic mass is 32.2. The summed E-state index contributed by atoms with van der Waals surface area (Å²) in [5, 5.41) is 6.80. The molecule has 0 fully saturated rings. The molecule has 4 N–H and O–H groups in total. The van der Waals surface area contributed by atoms with Crippen LogP contribution in [0.25, 0.3) is 0 Å². The van der Waals surface area contributed by atoms with Gasteiger partial charge >= 0.3 is 0 Å². The van der Waals surface area contributed by atoms with E-state index < -0.39 is 0 Å². The number of rotatable bonds is 7. The lowest BCUT2D eigenvalue weighted by atomic mass is 10.3. The van der Waals surface area contributed by atoms with Crippen molar-refractivity contribution >= 4 is 39.7 Å². The van der Waals surface area contributed by atoms with Crippen molar-refractivity contribution in [1.82, 2.24) is 5.32 Å². The van der Waals surface area contributed by atoms with E-state index in [1.807, 2.05) is 20.1 Å². The van der Waals surface area contributed by atoms with E-state index in [9.17, 15) is 4.79 Å². The van der Waals surface area contributed by atoms with Crippen molar-refractivity contribution in [2.75, 3.05) is 37.5 Å². The van der Waals surface area contributed by atoms with Crippen molar-refractivity contribution in [1.29, 1.82) is 0 Å². The van der Waals surface area contributed by atoms with Crippen molar-refractivity contribution in [3.63, 3.8) is 0 Å². The summed E-state index contributed by atoms with van der Waals surface area (Å²) < 4.78 is 5.47. The van der Waals surface area contributed by atoms with Gasteiger partial charge in [0.25, 0.3) is 5.91 Å². The molecule has 0 unspecified atom stereocenters. The SMILES string of the molecule is CNC(=O)c1sc(NCCOC(C)C)c(SC)c1N. The van der Waals surface area contributed by atoms with Crippen LogP contribution in [0, 0.1) is 0 Å². The Kier molecular flexibility index (Phi) is 6.47. The predicted octanol–water partition coefficient (Wildman–Crippen LogP) is 2.25. The van der Waals surface area contributed by atoms with Crippen molar-refractivity contribution in [3.8, 4) is 0 Å². The number of ether oxygens (including phenoxy) is 1. The minimum absolute atomic E-state index is 0.149. The van der Waals surface area contributed by atoms with E-state index in [0.717, 1.165) is 9.90 Å². The van der Waals surface area contributed by atoms with Gasteiger partial charge in [-0.05, 0) is 20.1 Å². The van der Waals surface area contributed by atoms with Crippen molar-refractivity contribution in [2.24, 2.45) is 0 Å². The highest BCUT2D eigenvalue weighted by Crippen LogP contribution is 2.41. The average Bonchev–Trinajstić information content (AvgIpc) is 2.70. The summed E-state index contributed by atoms with van der Waals surface area (Å²) in [6.07, 6.45) is 2.17. The number of anilines is 2. The van der Waals surface area contributed by atoms with Gasteiger partial charge in [0.2, 0.25) is 0 Å². The van der Waals surface area contributed by atoms with Crippen LogP contribution in [0.2, 0.25) is 0 Å². The Hall–Kier alpha value is -0.920. The van der Waals surface area contributed by atoms with E-state index >= 15 is 0 Å². The molecule has 1 amide bonds. The molecule has 0 atom stereocenters. The molecule has 108 valence electrons. The van der Waals surface area contributed by atoms with Crippen LogP contribution in [0.1, 0.15) is 23.5 Å². The van der Waals surface area contributed by atoms with Crippen molar-refractivity contribution < 1.29 is 9.53 Å². The molecule has 0 aromatic carbocycles. The third-order valence-electron chi connectivity index (χ3n) is 2.38. The molecule has 0 aliphatic rings. The van der Waals surface area contributed by atoms with E-state index in [4.69, 9.17) is 10.5 Å². The summed E-state index contributed by atoms with van der Waals surface area (Å²) in [6.45, 7) is 5.32. The summed E-state index contributed by atoms with van der Waals surface area (Å²) in [5.41, 5.74) is 6.55. The number of carbonyl (C=O) groups excluding carboxylic acids is 1.